The van der Waals surface area contributed by atoms with E-state index in [2.05, 4.69) is 10.0 Å². The minimum Gasteiger partial charge on any atom is -0.370 e. The Kier molecular flexibility index (Phi) is 6.85. The molecule has 0 bridgehead atoms. The summed E-state index contributed by atoms with van der Waals surface area (Å²) in [6.45, 7) is 1.46. The average molecular weight is 488 g/mol. The van der Waals surface area contributed by atoms with Crippen LogP contribution in [-0.4, -0.2) is 27.4 Å². The molecule has 6 nitrogen and oxygen atoms in total. The van der Waals surface area contributed by atoms with E-state index in [0.717, 1.165) is 32.4 Å². The summed E-state index contributed by atoms with van der Waals surface area (Å²) >= 11 is 6.16. The summed E-state index contributed by atoms with van der Waals surface area (Å²) in [5.41, 5.74) is 0.905. The van der Waals surface area contributed by atoms with Crippen LogP contribution >= 0.6 is 11.6 Å². The molecule has 1 aliphatic rings. The molecule has 172 valence electrons. The number of rotatable bonds is 6. The fourth-order valence-electron chi connectivity index (χ4n) is 3.79. The molecule has 0 atom stereocenters. The van der Waals surface area contributed by atoms with Crippen molar-refractivity contribution in [2.45, 2.75) is 24.2 Å². The second kappa shape index (κ2) is 9.80. The smallest absolute Gasteiger partial charge is 0.264 e. The molecule has 1 amide bonds. The standard InChI is InChI=1S/C24H23ClFN3O3S/c25-19-9-3-5-11-21(19)28-33(31,32)23-16-17(12-13-22(23)29-14-6-1-7-15-29)27-24(30)18-8-2-4-10-20(18)26/h2-5,8-13,16,28H,1,6-7,14-15H2,(H,27,30). The maximum absolute atomic E-state index is 14.0. The molecule has 9 heteroatoms. The Hall–Kier alpha value is -3.10. The van der Waals surface area contributed by atoms with Crippen LogP contribution in [-0.2, 0) is 10.0 Å². The number of nitrogens with one attached hydrogen (secondary N) is 2. The molecule has 0 aliphatic carbocycles. The lowest BCUT2D eigenvalue weighted by molar-refractivity contribution is 0.102. The van der Waals surface area contributed by atoms with Crippen LogP contribution in [0.2, 0.25) is 5.02 Å². The zero-order valence-corrected chi connectivity index (χ0v) is 19.3. The molecule has 0 aromatic heterocycles. The summed E-state index contributed by atoms with van der Waals surface area (Å²) in [6, 6.07) is 16.8. The van der Waals surface area contributed by atoms with E-state index >= 15 is 0 Å². The van der Waals surface area contributed by atoms with E-state index in [0.29, 0.717) is 5.69 Å². The normalized spacial score (nSPS) is 14.1. The topological polar surface area (TPSA) is 78.5 Å². The fraction of sp³-hybridized carbons (Fsp3) is 0.208. The van der Waals surface area contributed by atoms with Crippen LogP contribution in [0.1, 0.15) is 29.6 Å². The van der Waals surface area contributed by atoms with Crippen LogP contribution in [0.3, 0.4) is 0 Å². The Bertz CT molecular complexity index is 1280. The maximum atomic E-state index is 14.0. The minimum absolute atomic E-state index is 0.00986. The number of benzene rings is 3. The Morgan fingerprint density at radius 3 is 2.36 bits per heavy atom. The third-order valence-corrected chi connectivity index (χ3v) is 7.16. The number of piperidine rings is 1. The van der Waals surface area contributed by atoms with Crippen molar-refractivity contribution in [2.75, 3.05) is 28.0 Å². The van der Waals surface area contributed by atoms with Crippen LogP contribution in [0.4, 0.5) is 21.5 Å². The summed E-state index contributed by atoms with van der Waals surface area (Å²) < 4.78 is 43.4. The number of nitrogens with zero attached hydrogens (tertiary/aromatic N) is 1. The summed E-state index contributed by atoms with van der Waals surface area (Å²) in [5.74, 6) is -1.32. The van der Waals surface area contributed by atoms with Crippen molar-refractivity contribution in [1.29, 1.82) is 0 Å². The van der Waals surface area contributed by atoms with Crippen molar-refractivity contribution in [3.8, 4) is 0 Å². The third kappa shape index (κ3) is 5.29. The van der Waals surface area contributed by atoms with Crippen molar-refractivity contribution in [3.05, 3.63) is 83.1 Å². The molecule has 3 aromatic carbocycles. The van der Waals surface area contributed by atoms with Crippen LogP contribution in [0.5, 0.6) is 0 Å². The summed E-state index contributed by atoms with van der Waals surface area (Å²) in [7, 11) is -4.05. The molecule has 1 saturated heterocycles. The number of anilines is 3. The van der Waals surface area contributed by atoms with Crippen molar-refractivity contribution in [3.63, 3.8) is 0 Å². The first kappa shape index (κ1) is 23.1. The van der Waals surface area contributed by atoms with Gasteiger partial charge in [-0.3, -0.25) is 9.52 Å². The van der Waals surface area contributed by atoms with Gasteiger partial charge in [0.15, 0.2) is 0 Å². The summed E-state index contributed by atoms with van der Waals surface area (Å²) in [4.78, 5) is 14.6. The molecule has 1 fully saturated rings. The molecule has 1 heterocycles. The molecular weight excluding hydrogens is 465 g/mol. The van der Waals surface area contributed by atoms with Crippen LogP contribution < -0.4 is 14.9 Å². The first-order valence-corrected chi connectivity index (χ1v) is 12.4. The highest BCUT2D eigenvalue weighted by Gasteiger charge is 2.25. The molecule has 0 radical (unpaired) electrons. The molecule has 4 rings (SSSR count). The monoisotopic (exact) mass is 487 g/mol. The molecule has 2 N–H and O–H groups in total. The Morgan fingerprint density at radius 1 is 0.939 bits per heavy atom. The van der Waals surface area contributed by atoms with Gasteiger partial charge in [-0.15, -0.1) is 0 Å². The first-order valence-electron chi connectivity index (χ1n) is 10.6. The van der Waals surface area contributed by atoms with E-state index in [1.54, 1.807) is 42.5 Å². The van der Waals surface area contributed by atoms with Gasteiger partial charge in [0, 0.05) is 18.8 Å². The second-order valence-corrected chi connectivity index (χ2v) is 9.81. The highest BCUT2D eigenvalue weighted by molar-refractivity contribution is 7.93. The highest BCUT2D eigenvalue weighted by atomic mass is 35.5. The van der Waals surface area contributed by atoms with Crippen molar-refractivity contribution in [1.82, 2.24) is 0 Å². The average Bonchev–Trinajstić information content (AvgIpc) is 2.81. The van der Waals surface area contributed by atoms with Gasteiger partial charge in [-0.2, -0.15) is 0 Å². The number of carbonyl (C=O) groups is 1. The Balaban J connectivity index is 1.71. The van der Waals surface area contributed by atoms with Gasteiger partial charge >= 0.3 is 0 Å². The molecule has 33 heavy (non-hydrogen) atoms. The van der Waals surface area contributed by atoms with Gasteiger partial charge in [-0.1, -0.05) is 35.9 Å². The maximum Gasteiger partial charge on any atom is 0.264 e. The molecule has 1 aliphatic heterocycles. The zero-order valence-electron chi connectivity index (χ0n) is 17.7. The van der Waals surface area contributed by atoms with E-state index < -0.39 is 21.7 Å². The van der Waals surface area contributed by atoms with Gasteiger partial charge in [0.05, 0.1) is 22.0 Å². The van der Waals surface area contributed by atoms with Crippen LogP contribution in [0.25, 0.3) is 0 Å². The van der Waals surface area contributed by atoms with Gasteiger partial charge in [0.1, 0.15) is 10.7 Å². The third-order valence-electron chi connectivity index (χ3n) is 5.44. The second-order valence-electron chi connectivity index (χ2n) is 7.75. The number of halogens is 2. The largest absolute Gasteiger partial charge is 0.370 e. The molecule has 0 unspecified atom stereocenters. The van der Waals surface area contributed by atoms with E-state index in [1.165, 1.54) is 24.3 Å². The number of para-hydroxylation sites is 1. The molecule has 0 spiro atoms. The minimum atomic E-state index is -4.05. The SMILES string of the molecule is O=C(Nc1ccc(N2CCCCC2)c(S(=O)(=O)Nc2ccccc2Cl)c1)c1ccccc1F. The molecular formula is C24H23ClFN3O3S. The lowest BCUT2D eigenvalue weighted by Gasteiger charge is -2.30. The molecule has 3 aromatic rings. The predicted molar refractivity (Wildman–Crippen MR) is 129 cm³/mol. The van der Waals surface area contributed by atoms with Crippen LogP contribution in [0.15, 0.2) is 71.6 Å². The Morgan fingerprint density at radius 2 is 1.64 bits per heavy atom. The highest BCUT2D eigenvalue weighted by Crippen LogP contribution is 2.33. The van der Waals surface area contributed by atoms with E-state index in [4.69, 9.17) is 11.6 Å². The first-order chi connectivity index (χ1) is 15.8. The van der Waals surface area contributed by atoms with E-state index in [1.807, 2.05) is 4.90 Å². The summed E-state index contributed by atoms with van der Waals surface area (Å²) in [6.07, 6.45) is 3.01. The van der Waals surface area contributed by atoms with E-state index in [9.17, 15) is 17.6 Å². The lowest BCUT2D eigenvalue weighted by Crippen LogP contribution is -2.31. The predicted octanol–water partition coefficient (Wildman–Crippen LogP) is 5.52. The number of hydrogen-bond acceptors (Lipinski definition) is 4. The number of amides is 1. The van der Waals surface area contributed by atoms with Gasteiger partial charge in [0.2, 0.25) is 0 Å². The van der Waals surface area contributed by atoms with Crippen LogP contribution in [0, 0.1) is 5.82 Å². The van der Waals surface area contributed by atoms with Gasteiger partial charge in [-0.25, -0.2) is 12.8 Å². The quantitative estimate of drug-likeness (QED) is 0.479. The van der Waals surface area contributed by atoms with Crippen molar-refractivity contribution in [2.24, 2.45) is 0 Å². The zero-order chi connectivity index (χ0) is 23.4. The van der Waals surface area contributed by atoms with Gasteiger partial charge in [-0.05, 0) is 61.7 Å². The Labute approximate surface area is 197 Å². The van der Waals surface area contributed by atoms with Crippen molar-refractivity contribution < 1.29 is 17.6 Å². The van der Waals surface area contributed by atoms with Crippen molar-refractivity contribution >= 4 is 44.6 Å². The van der Waals surface area contributed by atoms with Gasteiger partial charge in [0.25, 0.3) is 15.9 Å². The summed E-state index contributed by atoms with van der Waals surface area (Å²) in [5, 5.41) is 2.87. The number of carbonyl (C=O) groups excluding carboxylic acids is 1. The number of hydrogen-bond donors (Lipinski definition) is 2. The molecule has 0 saturated carbocycles. The lowest BCUT2D eigenvalue weighted by atomic mass is 10.1. The van der Waals surface area contributed by atoms with E-state index in [-0.39, 0.29) is 26.9 Å². The fourth-order valence-corrected chi connectivity index (χ4v) is 5.36. The number of sulfonamides is 1. The van der Waals surface area contributed by atoms with Gasteiger partial charge < -0.3 is 10.2 Å².